The Morgan fingerprint density at radius 2 is 1.88 bits per heavy atom. The van der Waals surface area contributed by atoms with Crippen molar-refractivity contribution >= 4 is 39.1 Å². The molecule has 1 amide bonds. The Bertz CT molecular complexity index is 1410. The van der Waals surface area contributed by atoms with E-state index in [0.717, 1.165) is 0 Å². The first-order valence-electron chi connectivity index (χ1n) is 10.1. The van der Waals surface area contributed by atoms with Crippen LogP contribution < -0.4 is 20.3 Å². The van der Waals surface area contributed by atoms with Gasteiger partial charge in [-0.1, -0.05) is 18.2 Å². The van der Waals surface area contributed by atoms with Crippen LogP contribution in [0.1, 0.15) is 5.69 Å². The molecule has 11 heteroatoms. The molecule has 10 nitrogen and oxygen atoms in total. The van der Waals surface area contributed by atoms with Crippen LogP contribution in [0.25, 0.3) is 22.0 Å². The van der Waals surface area contributed by atoms with Crippen LogP contribution in [0, 0.1) is 0 Å². The van der Waals surface area contributed by atoms with Gasteiger partial charge in [-0.2, -0.15) is 5.10 Å². The van der Waals surface area contributed by atoms with E-state index in [0.29, 0.717) is 44.4 Å². The van der Waals surface area contributed by atoms with Gasteiger partial charge in [0, 0.05) is 16.3 Å². The predicted molar refractivity (Wildman–Crippen MR) is 126 cm³/mol. The molecule has 0 saturated carbocycles. The Hall–Kier alpha value is -4.25. The number of ether oxygens (including phenoxy) is 3. The lowest BCUT2D eigenvalue weighted by Gasteiger charge is -2.08. The molecular formula is C23H20N4O6S. The monoisotopic (exact) mass is 480 g/mol. The summed E-state index contributed by atoms with van der Waals surface area (Å²) in [6.07, 6.45) is -0.193. The number of methoxy groups -OCH3 is 2. The fourth-order valence-electron chi connectivity index (χ4n) is 3.26. The zero-order chi connectivity index (χ0) is 24.1. The van der Waals surface area contributed by atoms with Gasteiger partial charge in [-0.15, -0.1) is 11.3 Å². The molecule has 0 radical (unpaired) electrons. The normalized spacial score (nSPS) is 10.6. The highest BCUT2D eigenvalue weighted by Gasteiger charge is 2.16. The number of carbonyl (C=O) groups is 2. The van der Waals surface area contributed by atoms with Gasteiger partial charge in [-0.05, 0) is 24.3 Å². The first-order chi connectivity index (χ1) is 16.5. The first kappa shape index (κ1) is 22.9. The lowest BCUT2D eigenvalue weighted by atomic mass is 10.1. The number of aromatic amines is 1. The highest BCUT2D eigenvalue weighted by Crippen LogP contribution is 2.35. The van der Waals surface area contributed by atoms with Crippen LogP contribution in [-0.2, 0) is 20.7 Å². The van der Waals surface area contributed by atoms with Crippen LogP contribution >= 0.6 is 11.3 Å². The molecular weight excluding hydrogens is 460 g/mol. The summed E-state index contributed by atoms with van der Waals surface area (Å²) in [5.41, 5.74) is 1.33. The second-order valence-corrected chi connectivity index (χ2v) is 7.89. The van der Waals surface area contributed by atoms with E-state index in [1.54, 1.807) is 62.1 Å². The molecule has 0 fully saturated rings. The second-order valence-electron chi connectivity index (χ2n) is 7.03. The van der Waals surface area contributed by atoms with Gasteiger partial charge >= 0.3 is 5.97 Å². The number of H-pyrrole nitrogens is 1. The fourth-order valence-corrected chi connectivity index (χ4v) is 3.99. The number of anilines is 1. The van der Waals surface area contributed by atoms with Crippen molar-refractivity contribution in [1.82, 2.24) is 15.2 Å². The number of fused-ring (bicyclic) bond motifs is 1. The summed E-state index contributed by atoms with van der Waals surface area (Å²) in [5, 5.41) is 12.0. The number of benzene rings is 2. The minimum Gasteiger partial charge on any atom is -0.497 e. The number of esters is 1. The van der Waals surface area contributed by atoms with E-state index in [2.05, 4.69) is 20.5 Å². The average Bonchev–Trinajstić information content (AvgIpc) is 3.32. The van der Waals surface area contributed by atoms with E-state index in [9.17, 15) is 14.4 Å². The maximum Gasteiger partial charge on any atom is 0.312 e. The van der Waals surface area contributed by atoms with Crippen molar-refractivity contribution in [3.05, 3.63) is 63.9 Å². The number of thiazole rings is 1. The highest BCUT2D eigenvalue weighted by molar-refractivity contribution is 7.14. The van der Waals surface area contributed by atoms with Crippen LogP contribution in [0.3, 0.4) is 0 Å². The summed E-state index contributed by atoms with van der Waals surface area (Å²) in [6.45, 7) is -0.489. The molecule has 2 aromatic heterocycles. The fraction of sp³-hybridized carbons (Fsp3) is 0.174. The van der Waals surface area contributed by atoms with Gasteiger partial charge in [-0.3, -0.25) is 19.7 Å². The third-order valence-corrected chi connectivity index (χ3v) is 5.64. The number of hydrogen-bond acceptors (Lipinski definition) is 9. The summed E-state index contributed by atoms with van der Waals surface area (Å²) in [4.78, 5) is 40.8. The van der Waals surface area contributed by atoms with Crippen LogP contribution in [-0.4, -0.2) is 47.9 Å². The molecule has 2 heterocycles. The van der Waals surface area contributed by atoms with Gasteiger partial charge in [0.15, 0.2) is 11.7 Å². The lowest BCUT2D eigenvalue weighted by Crippen LogP contribution is -2.22. The number of amides is 1. The molecule has 0 aliphatic carbocycles. The molecule has 2 N–H and O–H groups in total. The van der Waals surface area contributed by atoms with E-state index < -0.39 is 18.5 Å². The van der Waals surface area contributed by atoms with Crippen molar-refractivity contribution in [3.63, 3.8) is 0 Å². The van der Waals surface area contributed by atoms with E-state index in [-0.39, 0.29) is 12.0 Å². The standard InChI is InChI=1S/C23H20N4O6S/c1-31-13-7-8-19(32-2)16(9-13)18-12-34-23(24-18)25-20(28)11-33-21(29)10-17-14-5-3-4-6-15(14)22(30)27-26-17/h3-9,12H,10-11H2,1-2H3,(H,27,30)(H,24,25,28). The largest absolute Gasteiger partial charge is 0.497 e. The molecule has 4 aromatic rings. The summed E-state index contributed by atoms with van der Waals surface area (Å²) < 4.78 is 15.7. The van der Waals surface area contributed by atoms with Crippen LogP contribution in [0.2, 0.25) is 0 Å². The third kappa shape index (κ3) is 5.04. The third-order valence-electron chi connectivity index (χ3n) is 4.88. The Kier molecular flexibility index (Phi) is 6.83. The van der Waals surface area contributed by atoms with Gasteiger partial charge in [0.05, 0.1) is 37.4 Å². The van der Waals surface area contributed by atoms with Crippen molar-refractivity contribution in [2.45, 2.75) is 6.42 Å². The minimum absolute atomic E-state index is 0.193. The molecule has 174 valence electrons. The number of rotatable bonds is 8. The molecule has 0 aliphatic heterocycles. The summed E-state index contributed by atoms with van der Waals surface area (Å²) >= 11 is 1.22. The average molecular weight is 481 g/mol. The Balaban J connectivity index is 1.37. The highest BCUT2D eigenvalue weighted by atomic mass is 32.1. The van der Waals surface area contributed by atoms with E-state index >= 15 is 0 Å². The van der Waals surface area contributed by atoms with Crippen molar-refractivity contribution in [1.29, 1.82) is 0 Å². The Labute approximate surface area is 197 Å². The molecule has 0 atom stereocenters. The second kappa shape index (κ2) is 10.1. The molecule has 2 aromatic carbocycles. The summed E-state index contributed by atoms with van der Waals surface area (Å²) in [5.74, 6) is 0.0688. The molecule has 4 rings (SSSR count). The smallest absolute Gasteiger partial charge is 0.312 e. The van der Waals surface area contributed by atoms with Gasteiger partial charge in [0.25, 0.3) is 11.5 Å². The van der Waals surface area contributed by atoms with Crippen molar-refractivity contribution in [3.8, 4) is 22.8 Å². The Morgan fingerprint density at radius 1 is 1.09 bits per heavy atom. The van der Waals surface area contributed by atoms with Gasteiger partial charge in [0.2, 0.25) is 0 Å². The van der Waals surface area contributed by atoms with Crippen LogP contribution in [0.4, 0.5) is 5.13 Å². The van der Waals surface area contributed by atoms with Crippen molar-refractivity contribution in [2.24, 2.45) is 0 Å². The van der Waals surface area contributed by atoms with Gasteiger partial charge in [0.1, 0.15) is 11.5 Å². The summed E-state index contributed by atoms with van der Waals surface area (Å²) in [7, 11) is 3.12. The van der Waals surface area contributed by atoms with Crippen molar-refractivity contribution in [2.75, 3.05) is 26.1 Å². The zero-order valence-electron chi connectivity index (χ0n) is 18.3. The van der Waals surface area contributed by atoms with Crippen LogP contribution in [0.5, 0.6) is 11.5 Å². The molecule has 0 aliphatic rings. The maximum atomic E-state index is 12.3. The van der Waals surface area contributed by atoms with E-state index in [1.165, 1.54) is 11.3 Å². The lowest BCUT2D eigenvalue weighted by molar-refractivity contribution is -0.146. The molecule has 0 unspecified atom stereocenters. The van der Waals surface area contributed by atoms with E-state index in [1.807, 2.05) is 0 Å². The molecule has 0 saturated heterocycles. The van der Waals surface area contributed by atoms with Gasteiger partial charge < -0.3 is 14.2 Å². The maximum absolute atomic E-state index is 12.3. The van der Waals surface area contributed by atoms with E-state index in [4.69, 9.17) is 14.2 Å². The number of nitrogens with zero attached hydrogens (tertiary/aromatic N) is 2. The summed E-state index contributed by atoms with van der Waals surface area (Å²) in [6, 6.07) is 12.1. The van der Waals surface area contributed by atoms with Crippen molar-refractivity contribution < 1.29 is 23.8 Å². The topological polar surface area (TPSA) is 132 Å². The minimum atomic E-state index is -0.652. The molecule has 0 spiro atoms. The first-order valence-corrected chi connectivity index (χ1v) is 11.0. The number of hydrogen-bond donors (Lipinski definition) is 2. The molecule has 0 bridgehead atoms. The Morgan fingerprint density at radius 3 is 2.65 bits per heavy atom. The molecule has 34 heavy (non-hydrogen) atoms. The van der Waals surface area contributed by atoms with Gasteiger partial charge in [-0.25, -0.2) is 10.1 Å². The van der Waals surface area contributed by atoms with Crippen LogP contribution in [0.15, 0.2) is 52.6 Å². The number of aromatic nitrogens is 3. The quantitative estimate of drug-likeness (QED) is 0.368. The number of nitrogens with one attached hydrogen (secondary N) is 2. The SMILES string of the molecule is COc1ccc(OC)c(-c2csc(NC(=O)COC(=O)Cc3n[nH]c(=O)c4ccccc34)n2)c1. The zero-order valence-corrected chi connectivity index (χ0v) is 19.1. The number of carbonyl (C=O) groups excluding carboxylic acids is 2. The predicted octanol–water partition coefficient (Wildman–Crippen LogP) is 2.79.